The number of fused-ring (bicyclic) bond motifs is 3. The number of hydrogen-bond donors (Lipinski definition) is 0. The first kappa shape index (κ1) is 39.6. The zero-order valence-corrected chi connectivity index (χ0v) is 35.2. The summed E-state index contributed by atoms with van der Waals surface area (Å²) >= 11 is 0. The molecule has 0 aliphatic heterocycles. The second kappa shape index (κ2) is 18.1. The van der Waals surface area contributed by atoms with E-state index in [0.29, 0.717) is 0 Å². The molecule has 1 nitrogen and oxygen atoms in total. The van der Waals surface area contributed by atoms with Crippen LogP contribution in [0.1, 0.15) is 30.5 Å². The molecule has 0 radical (unpaired) electrons. The predicted molar refractivity (Wildman–Crippen MR) is 260 cm³/mol. The van der Waals surface area contributed by atoms with E-state index in [9.17, 15) is 0 Å². The van der Waals surface area contributed by atoms with E-state index in [-0.39, 0.29) is 0 Å². The molecule has 292 valence electrons. The van der Waals surface area contributed by atoms with Crippen LogP contribution in [0.5, 0.6) is 0 Å². The van der Waals surface area contributed by atoms with Crippen LogP contribution in [0.4, 0.5) is 0 Å². The van der Waals surface area contributed by atoms with Crippen molar-refractivity contribution in [1.29, 1.82) is 0 Å². The lowest BCUT2D eigenvalue weighted by Gasteiger charge is -2.14. The Morgan fingerprint density at radius 2 is 0.767 bits per heavy atom. The monoisotopic (exact) mass is 773 g/mol. The molecule has 0 aliphatic rings. The van der Waals surface area contributed by atoms with Gasteiger partial charge in [0.05, 0.1) is 11.0 Å². The summed E-state index contributed by atoms with van der Waals surface area (Å²) in [6, 6.07) is 78.2. The Labute approximate surface area is 355 Å². The van der Waals surface area contributed by atoms with Crippen molar-refractivity contribution in [1.82, 2.24) is 4.57 Å². The van der Waals surface area contributed by atoms with Crippen LogP contribution < -0.4 is 0 Å². The van der Waals surface area contributed by atoms with Crippen molar-refractivity contribution < 1.29 is 0 Å². The molecule has 1 aromatic heterocycles. The first-order valence-electron chi connectivity index (χ1n) is 21.1. The molecular weight excluding hydrogens is 723 g/mol. The Bertz CT molecular complexity index is 3010. The summed E-state index contributed by atoms with van der Waals surface area (Å²) in [6.45, 7) is 10.6. The summed E-state index contributed by atoms with van der Waals surface area (Å²) < 4.78 is 2.40. The molecule has 60 heavy (non-hydrogen) atoms. The van der Waals surface area contributed by atoms with Crippen molar-refractivity contribution in [3.05, 3.63) is 235 Å². The van der Waals surface area contributed by atoms with Gasteiger partial charge in [0.25, 0.3) is 0 Å². The summed E-state index contributed by atoms with van der Waals surface area (Å²) in [7, 11) is 0. The standard InChI is InChI=1S/C31H24.C26H21N.C2H6/c1-23-18-30(25-12-6-3-7-13-25)22-31(19-23)29-17-9-16-28(21-29)27-15-8-14-26(20-27)24-10-4-2-5-11-24;1-18-10-6-7-13-21(18)22-16-17-24-23-14-8-9-15-25(23)27(26(24)19(22)2)20-11-4-3-5-12-20;1-2/h2-22H,1H3;3-17H,1-2H3;1-2H3. The average Bonchev–Trinajstić information content (AvgIpc) is 3.66. The van der Waals surface area contributed by atoms with Crippen LogP contribution in [0.15, 0.2) is 218 Å². The van der Waals surface area contributed by atoms with Crippen molar-refractivity contribution in [2.45, 2.75) is 34.6 Å². The molecule has 0 saturated heterocycles. The number of aromatic nitrogens is 1. The molecule has 0 unspecified atom stereocenters. The topological polar surface area (TPSA) is 4.93 Å². The van der Waals surface area contributed by atoms with Crippen LogP contribution in [0.25, 0.3) is 83.1 Å². The fraction of sp³-hybridized carbons (Fsp3) is 0.0847. The van der Waals surface area contributed by atoms with Gasteiger partial charge in [-0.25, -0.2) is 0 Å². The zero-order chi connectivity index (χ0) is 41.4. The fourth-order valence-electron chi connectivity index (χ4n) is 8.37. The summed E-state index contributed by atoms with van der Waals surface area (Å²) in [5.74, 6) is 0. The maximum atomic E-state index is 2.40. The lowest BCUT2D eigenvalue weighted by atomic mass is 9.93. The van der Waals surface area contributed by atoms with Crippen LogP contribution in [0.3, 0.4) is 0 Å². The van der Waals surface area contributed by atoms with E-state index in [1.54, 1.807) is 0 Å². The summed E-state index contributed by atoms with van der Waals surface area (Å²) in [4.78, 5) is 0. The molecule has 0 saturated carbocycles. The Hall–Kier alpha value is -7.22. The minimum atomic E-state index is 1.20. The van der Waals surface area contributed by atoms with Crippen LogP contribution in [-0.2, 0) is 0 Å². The van der Waals surface area contributed by atoms with E-state index in [2.05, 4.69) is 244 Å². The lowest BCUT2D eigenvalue weighted by molar-refractivity contribution is 1.17. The van der Waals surface area contributed by atoms with Gasteiger partial charge < -0.3 is 4.57 Å². The van der Waals surface area contributed by atoms with Crippen LogP contribution in [0, 0.1) is 20.8 Å². The number of aryl methyl sites for hydroxylation is 3. The Morgan fingerprint density at radius 3 is 1.38 bits per heavy atom. The minimum Gasteiger partial charge on any atom is -0.309 e. The van der Waals surface area contributed by atoms with Crippen LogP contribution in [-0.4, -0.2) is 4.57 Å². The van der Waals surface area contributed by atoms with E-state index in [4.69, 9.17) is 0 Å². The van der Waals surface area contributed by atoms with Crippen molar-refractivity contribution in [3.8, 4) is 61.3 Å². The molecule has 10 rings (SSSR count). The Morgan fingerprint density at radius 1 is 0.317 bits per heavy atom. The molecular formula is C59H51N. The van der Waals surface area contributed by atoms with Crippen molar-refractivity contribution in [2.75, 3.05) is 0 Å². The molecule has 0 aliphatic carbocycles. The smallest absolute Gasteiger partial charge is 0.0576 e. The highest BCUT2D eigenvalue weighted by molar-refractivity contribution is 6.11. The van der Waals surface area contributed by atoms with E-state index in [0.717, 1.165) is 0 Å². The molecule has 0 spiro atoms. The zero-order valence-electron chi connectivity index (χ0n) is 35.2. The lowest BCUT2D eigenvalue weighted by Crippen LogP contribution is -1.96. The maximum absolute atomic E-state index is 2.40. The SMILES string of the molecule is CC.Cc1cc(-c2ccccc2)cc(-c2cccc(-c3cccc(-c4ccccc4)c3)c2)c1.Cc1ccccc1-c1ccc2c3ccccc3n(-c3ccccc3)c2c1C. The average molecular weight is 774 g/mol. The molecule has 0 bridgehead atoms. The van der Waals surface area contributed by atoms with E-state index in [1.165, 1.54) is 99.8 Å². The maximum Gasteiger partial charge on any atom is 0.0576 e. The minimum absolute atomic E-state index is 1.20. The van der Waals surface area contributed by atoms with Gasteiger partial charge in [-0.05, 0) is 129 Å². The summed E-state index contributed by atoms with van der Waals surface area (Å²) in [5, 5.41) is 2.61. The molecule has 1 heteroatoms. The van der Waals surface area contributed by atoms with Crippen molar-refractivity contribution in [2.24, 2.45) is 0 Å². The number of benzene rings is 9. The second-order valence-electron chi connectivity index (χ2n) is 15.1. The second-order valence-corrected chi connectivity index (χ2v) is 15.1. The normalized spacial score (nSPS) is 10.8. The van der Waals surface area contributed by atoms with Crippen LogP contribution in [0.2, 0.25) is 0 Å². The van der Waals surface area contributed by atoms with Gasteiger partial charge in [0.15, 0.2) is 0 Å². The fourth-order valence-corrected chi connectivity index (χ4v) is 8.37. The van der Waals surface area contributed by atoms with Gasteiger partial charge in [0.2, 0.25) is 0 Å². The number of hydrogen-bond acceptors (Lipinski definition) is 0. The molecule has 0 N–H and O–H groups in total. The summed E-state index contributed by atoms with van der Waals surface area (Å²) in [6.07, 6.45) is 0. The highest BCUT2D eigenvalue weighted by Crippen LogP contribution is 2.39. The predicted octanol–water partition coefficient (Wildman–Crippen LogP) is 16.8. The van der Waals surface area contributed by atoms with Crippen molar-refractivity contribution in [3.63, 3.8) is 0 Å². The molecule has 0 amide bonds. The van der Waals surface area contributed by atoms with Gasteiger partial charge in [0, 0.05) is 16.5 Å². The molecule has 0 atom stereocenters. The largest absolute Gasteiger partial charge is 0.309 e. The third-order valence-corrected chi connectivity index (χ3v) is 11.2. The van der Waals surface area contributed by atoms with Gasteiger partial charge in [0.1, 0.15) is 0 Å². The first-order chi connectivity index (χ1) is 29.5. The third-order valence-electron chi connectivity index (χ3n) is 11.2. The van der Waals surface area contributed by atoms with Gasteiger partial charge in [-0.15, -0.1) is 0 Å². The van der Waals surface area contributed by atoms with Gasteiger partial charge in [-0.3, -0.25) is 0 Å². The molecule has 0 fully saturated rings. The van der Waals surface area contributed by atoms with Crippen molar-refractivity contribution >= 4 is 21.8 Å². The van der Waals surface area contributed by atoms with Crippen LogP contribution >= 0.6 is 0 Å². The Kier molecular flexibility index (Phi) is 12.0. The quantitative estimate of drug-likeness (QED) is 0.159. The highest BCUT2D eigenvalue weighted by Gasteiger charge is 2.17. The highest BCUT2D eigenvalue weighted by atomic mass is 15.0. The molecule has 9 aromatic carbocycles. The van der Waals surface area contributed by atoms with E-state index < -0.39 is 0 Å². The third kappa shape index (κ3) is 8.21. The Balaban J connectivity index is 0.000000161. The van der Waals surface area contributed by atoms with E-state index >= 15 is 0 Å². The van der Waals surface area contributed by atoms with Gasteiger partial charge >= 0.3 is 0 Å². The van der Waals surface area contributed by atoms with Gasteiger partial charge in [-0.1, -0.05) is 196 Å². The summed E-state index contributed by atoms with van der Waals surface area (Å²) in [5.41, 5.74) is 20.2. The van der Waals surface area contributed by atoms with E-state index in [1.807, 2.05) is 13.8 Å². The number of rotatable bonds is 6. The first-order valence-corrected chi connectivity index (χ1v) is 21.1. The number of para-hydroxylation sites is 2. The van der Waals surface area contributed by atoms with Gasteiger partial charge in [-0.2, -0.15) is 0 Å². The number of nitrogens with zero attached hydrogens (tertiary/aromatic N) is 1. The molecule has 10 aromatic rings. The molecule has 1 heterocycles.